The van der Waals surface area contributed by atoms with Crippen LogP contribution in [0.5, 0.6) is 5.75 Å². The van der Waals surface area contributed by atoms with E-state index in [1.165, 1.54) is 0 Å². The van der Waals surface area contributed by atoms with Crippen molar-refractivity contribution in [3.63, 3.8) is 0 Å². The van der Waals surface area contributed by atoms with E-state index in [9.17, 15) is 9.90 Å². The molecule has 0 bridgehead atoms. The van der Waals surface area contributed by atoms with Crippen molar-refractivity contribution in [3.05, 3.63) is 36.0 Å². The predicted octanol–water partition coefficient (Wildman–Crippen LogP) is 0.594. The smallest absolute Gasteiger partial charge is 0.221 e. The second-order valence-electron chi connectivity index (χ2n) is 5.63. The van der Waals surface area contributed by atoms with Gasteiger partial charge in [0.05, 0.1) is 6.17 Å². The number of carbonyl (C=O) groups is 1. The van der Waals surface area contributed by atoms with Gasteiger partial charge in [0.2, 0.25) is 5.91 Å². The van der Waals surface area contributed by atoms with Crippen LogP contribution in [0.25, 0.3) is 10.9 Å². The van der Waals surface area contributed by atoms with Crippen LogP contribution in [-0.4, -0.2) is 28.7 Å². The number of fused-ring (bicyclic) bond motifs is 2. The molecule has 0 saturated carbocycles. The Morgan fingerprint density at radius 1 is 1.24 bits per heavy atom. The van der Waals surface area contributed by atoms with E-state index in [0.717, 1.165) is 17.6 Å². The number of para-hydroxylation sites is 1. The molecule has 3 unspecified atom stereocenters. The zero-order valence-electron chi connectivity index (χ0n) is 11.3. The van der Waals surface area contributed by atoms with E-state index in [2.05, 4.69) is 21.2 Å². The minimum atomic E-state index is -0.0573. The highest BCUT2D eigenvalue weighted by Crippen LogP contribution is 2.35. The molecule has 3 atom stereocenters. The number of aromatic hydroxyl groups is 1. The van der Waals surface area contributed by atoms with E-state index in [4.69, 9.17) is 0 Å². The molecule has 2 fully saturated rings. The number of hydrogen-bond donors (Lipinski definition) is 4. The van der Waals surface area contributed by atoms with Crippen LogP contribution in [0.4, 0.5) is 0 Å². The quantitative estimate of drug-likeness (QED) is 0.616. The highest BCUT2D eigenvalue weighted by atomic mass is 16.3. The monoisotopic (exact) mass is 284 g/mol. The van der Waals surface area contributed by atoms with Crippen LogP contribution in [0, 0.1) is 5.92 Å². The maximum absolute atomic E-state index is 11.9. The Morgan fingerprint density at radius 3 is 3.05 bits per heavy atom. The number of piperidine rings is 1. The zero-order valence-corrected chi connectivity index (χ0v) is 11.3. The summed E-state index contributed by atoms with van der Waals surface area (Å²) < 4.78 is 0. The summed E-state index contributed by atoms with van der Waals surface area (Å²) in [6.45, 7) is 0.788. The lowest BCUT2D eigenvalue weighted by Crippen LogP contribution is -2.52. The van der Waals surface area contributed by atoms with Crippen LogP contribution >= 0.6 is 0 Å². The molecule has 108 valence electrons. The third kappa shape index (κ3) is 2.03. The highest BCUT2D eigenvalue weighted by molar-refractivity contribution is 5.84. The lowest BCUT2D eigenvalue weighted by molar-refractivity contribution is -0.124. The van der Waals surface area contributed by atoms with Gasteiger partial charge in [-0.3, -0.25) is 10.2 Å². The van der Waals surface area contributed by atoms with Gasteiger partial charge in [-0.1, -0.05) is 18.2 Å². The lowest BCUT2D eigenvalue weighted by atomic mass is 9.82. The van der Waals surface area contributed by atoms with Gasteiger partial charge in [0.25, 0.3) is 0 Å². The largest absolute Gasteiger partial charge is 0.506 e. The number of rotatable bonds is 1. The van der Waals surface area contributed by atoms with Gasteiger partial charge < -0.3 is 10.4 Å². The van der Waals surface area contributed by atoms with Crippen molar-refractivity contribution in [3.8, 4) is 5.75 Å². The third-order valence-electron chi connectivity index (χ3n) is 4.36. The normalized spacial score (nSPS) is 28.4. The van der Waals surface area contributed by atoms with E-state index in [1.54, 1.807) is 12.1 Å². The third-order valence-corrected chi connectivity index (χ3v) is 4.36. The summed E-state index contributed by atoms with van der Waals surface area (Å²) in [4.78, 5) is 16.5. The van der Waals surface area contributed by atoms with Gasteiger partial charge in [-0.15, -0.1) is 0 Å². The number of pyridine rings is 1. The van der Waals surface area contributed by atoms with Crippen LogP contribution in [0.3, 0.4) is 0 Å². The Kier molecular flexibility index (Phi) is 2.80. The molecule has 4 rings (SSSR count). The molecular weight excluding hydrogens is 268 g/mol. The fourth-order valence-corrected chi connectivity index (χ4v) is 3.29. The van der Waals surface area contributed by atoms with E-state index >= 15 is 0 Å². The number of amides is 1. The molecule has 4 N–H and O–H groups in total. The Labute approximate surface area is 121 Å². The molecule has 2 saturated heterocycles. The highest BCUT2D eigenvalue weighted by Gasteiger charge is 2.41. The first-order valence-electron chi connectivity index (χ1n) is 7.09. The molecule has 0 aliphatic carbocycles. The molecule has 1 aromatic carbocycles. The summed E-state index contributed by atoms with van der Waals surface area (Å²) in [6, 6.07) is 9.26. The second-order valence-corrected chi connectivity index (χ2v) is 5.63. The SMILES string of the molecule is O=C1CC(c2ccc3cccc(O)c3n2)C2CNNC2N1. The van der Waals surface area contributed by atoms with Crippen LogP contribution < -0.4 is 16.2 Å². The first-order chi connectivity index (χ1) is 10.2. The fourth-order valence-electron chi connectivity index (χ4n) is 3.29. The van der Waals surface area contributed by atoms with Crippen molar-refractivity contribution in [1.29, 1.82) is 0 Å². The van der Waals surface area contributed by atoms with Gasteiger partial charge in [-0.25, -0.2) is 10.4 Å². The summed E-state index contributed by atoms with van der Waals surface area (Å²) in [7, 11) is 0. The molecule has 2 aliphatic heterocycles. The summed E-state index contributed by atoms with van der Waals surface area (Å²) in [5.74, 6) is 0.513. The minimum Gasteiger partial charge on any atom is -0.506 e. The Bertz CT molecular complexity index is 718. The van der Waals surface area contributed by atoms with Crippen molar-refractivity contribution in [2.45, 2.75) is 18.5 Å². The average molecular weight is 284 g/mol. The summed E-state index contributed by atoms with van der Waals surface area (Å²) in [5, 5.41) is 13.8. The number of nitrogens with one attached hydrogen (secondary N) is 3. The van der Waals surface area contributed by atoms with Crippen molar-refractivity contribution in [2.24, 2.45) is 5.92 Å². The Hall–Kier alpha value is -2.18. The first-order valence-corrected chi connectivity index (χ1v) is 7.09. The fraction of sp³-hybridized carbons (Fsp3) is 0.333. The van der Waals surface area contributed by atoms with Gasteiger partial charge in [0.1, 0.15) is 11.3 Å². The molecule has 6 nitrogen and oxygen atoms in total. The molecule has 0 spiro atoms. The maximum atomic E-state index is 11.9. The number of phenolic OH excluding ortho intramolecular Hbond substituents is 1. The summed E-state index contributed by atoms with van der Waals surface area (Å²) in [5.41, 5.74) is 7.62. The van der Waals surface area contributed by atoms with Crippen molar-refractivity contribution >= 4 is 16.8 Å². The predicted molar refractivity (Wildman–Crippen MR) is 77.3 cm³/mol. The standard InChI is InChI=1S/C15H16N4O2/c20-12-3-1-2-8-4-5-11(17-14(8)12)9-6-13(21)18-15-10(9)7-16-19-15/h1-5,9-10,15-16,19-20H,6-7H2,(H,18,21). The van der Waals surface area contributed by atoms with E-state index < -0.39 is 0 Å². The van der Waals surface area contributed by atoms with Crippen LogP contribution in [-0.2, 0) is 4.79 Å². The van der Waals surface area contributed by atoms with Gasteiger partial charge in [0.15, 0.2) is 0 Å². The summed E-state index contributed by atoms with van der Waals surface area (Å²) >= 11 is 0. The number of phenols is 1. The van der Waals surface area contributed by atoms with Crippen LogP contribution in [0.2, 0.25) is 0 Å². The molecule has 6 heteroatoms. The van der Waals surface area contributed by atoms with Crippen LogP contribution in [0.15, 0.2) is 30.3 Å². The Balaban J connectivity index is 1.78. The van der Waals surface area contributed by atoms with Crippen LogP contribution in [0.1, 0.15) is 18.0 Å². The minimum absolute atomic E-state index is 0.0247. The van der Waals surface area contributed by atoms with Gasteiger partial charge >= 0.3 is 0 Å². The number of nitrogens with zero attached hydrogens (tertiary/aromatic N) is 1. The number of hydrogen-bond acceptors (Lipinski definition) is 5. The molecule has 3 heterocycles. The van der Waals surface area contributed by atoms with Crippen molar-refractivity contribution in [1.82, 2.24) is 21.2 Å². The lowest BCUT2D eigenvalue weighted by Gasteiger charge is -2.32. The molecule has 21 heavy (non-hydrogen) atoms. The molecular formula is C15H16N4O2. The van der Waals surface area contributed by atoms with Gasteiger partial charge in [0, 0.05) is 35.9 Å². The molecule has 2 aliphatic rings. The average Bonchev–Trinajstić information content (AvgIpc) is 2.94. The van der Waals surface area contributed by atoms with Gasteiger partial charge in [-0.2, -0.15) is 0 Å². The number of aromatic nitrogens is 1. The molecule has 0 radical (unpaired) electrons. The number of benzene rings is 1. The topological polar surface area (TPSA) is 86.3 Å². The maximum Gasteiger partial charge on any atom is 0.221 e. The Morgan fingerprint density at radius 2 is 2.14 bits per heavy atom. The number of hydrazine groups is 1. The zero-order chi connectivity index (χ0) is 14.4. The molecule has 1 amide bonds. The first kappa shape index (κ1) is 12.6. The van der Waals surface area contributed by atoms with Gasteiger partial charge in [-0.05, 0) is 12.1 Å². The van der Waals surface area contributed by atoms with E-state index in [1.807, 2.05) is 18.2 Å². The van der Waals surface area contributed by atoms with Crippen molar-refractivity contribution in [2.75, 3.05) is 6.54 Å². The van der Waals surface area contributed by atoms with Crippen molar-refractivity contribution < 1.29 is 9.90 Å². The molecule has 1 aromatic heterocycles. The second kappa shape index (κ2) is 4.68. The van der Waals surface area contributed by atoms with E-state index in [-0.39, 0.29) is 29.7 Å². The number of carbonyl (C=O) groups excluding carboxylic acids is 1. The molecule has 2 aromatic rings. The van der Waals surface area contributed by atoms with E-state index in [0.29, 0.717) is 11.9 Å². The summed E-state index contributed by atoms with van der Waals surface area (Å²) in [6.07, 6.45) is 0.370.